The summed E-state index contributed by atoms with van der Waals surface area (Å²) in [6, 6.07) is 7.75. The van der Waals surface area contributed by atoms with E-state index in [0.29, 0.717) is 10.8 Å². The first-order chi connectivity index (χ1) is 8.15. The highest BCUT2D eigenvalue weighted by atomic mass is 32.2. The van der Waals surface area contributed by atoms with E-state index >= 15 is 0 Å². The largest absolute Gasteiger partial charge is 0.331 e. The summed E-state index contributed by atoms with van der Waals surface area (Å²) in [5, 5.41) is 9.42. The fourth-order valence-electron chi connectivity index (χ4n) is 1.74. The first-order valence-corrected chi connectivity index (χ1v) is 7.00. The van der Waals surface area contributed by atoms with Gasteiger partial charge in [0.25, 0.3) is 0 Å². The van der Waals surface area contributed by atoms with Crippen LogP contribution in [0, 0.1) is 16.1 Å². The molecule has 2 rings (SSSR count). The van der Waals surface area contributed by atoms with E-state index in [0.717, 1.165) is 22.3 Å². The van der Waals surface area contributed by atoms with Gasteiger partial charge in [-0.3, -0.25) is 0 Å². The fraction of sp³-hybridized carbons (Fsp3) is 0.333. The van der Waals surface area contributed by atoms with Crippen molar-refractivity contribution in [2.75, 3.05) is 6.26 Å². The minimum Gasteiger partial charge on any atom is -0.331 e. The molecule has 1 aromatic heterocycles. The average Bonchev–Trinajstić information content (AvgIpc) is 2.65. The molecule has 3 nitrogen and oxygen atoms in total. The molecule has 1 unspecified atom stereocenters. The van der Waals surface area contributed by atoms with Crippen molar-refractivity contribution in [3.63, 3.8) is 0 Å². The summed E-state index contributed by atoms with van der Waals surface area (Å²) in [6.07, 6.45) is 2.09. The highest BCUT2D eigenvalue weighted by Crippen LogP contribution is 2.18. The van der Waals surface area contributed by atoms with Gasteiger partial charge < -0.3 is 9.55 Å². The number of imidazole rings is 1. The molecule has 0 aliphatic rings. The SMILES string of the molecule is CSC(C)Cn1c(=S)[nH]c2ccc(C#N)cc21. The van der Waals surface area contributed by atoms with Gasteiger partial charge >= 0.3 is 0 Å². The molecule has 0 spiro atoms. The number of rotatable bonds is 3. The first-order valence-electron chi connectivity index (χ1n) is 5.31. The van der Waals surface area contributed by atoms with Crippen molar-refractivity contribution in [3.8, 4) is 6.07 Å². The third-order valence-electron chi connectivity index (χ3n) is 2.75. The Labute approximate surface area is 109 Å². The molecule has 1 heterocycles. The van der Waals surface area contributed by atoms with Crippen LogP contribution in [0.2, 0.25) is 0 Å². The summed E-state index contributed by atoms with van der Waals surface area (Å²) in [6.45, 7) is 3.02. The zero-order valence-electron chi connectivity index (χ0n) is 9.73. The van der Waals surface area contributed by atoms with Gasteiger partial charge in [-0.25, -0.2) is 0 Å². The Kier molecular flexibility index (Phi) is 3.55. The molecule has 5 heteroatoms. The van der Waals surface area contributed by atoms with E-state index in [-0.39, 0.29) is 0 Å². The number of aromatic amines is 1. The Balaban J connectivity index is 2.57. The van der Waals surface area contributed by atoms with Crippen LogP contribution in [-0.2, 0) is 6.54 Å². The number of H-pyrrole nitrogens is 1. The molecule has 1 atom stereocenters. The maximum atomic E-state index is 8.92. The van der Waals surface area contributed by atoms with E-state index in [4.69, 9.17) is 17.5 Å². The van der Waals surface area contributed by atoms with Crippen molar-refractivity contribution in [1.82, 2.24) is 9.55 Å². The van der Waals surface area contributed by atoms with Crippen LogP contribution >= 0.6 is 24.0 Å². The molecule has 0 aliphatic heterocycles. The van der Waals surface area contributed by atoms with Gasteiger partial charge in [-0.15, -0.1) is 0 Å². The number of benzene rings is 1. The minimum atomic E-state index is 0.492. The summed E-state index contributed by atoms with van der Waals surface area (Å²) >= 11 is 7.12. The summed E-state index contributed by atoms with van der Waals surface area (Å²) in [4.78, 5) is 3.17. The Morgan fingerprint density at radius 1 is 1.59 bits per heavy atom. The normalized spacial score (nSPS) is 12.5. The van der Waals surface area contributed by atoms with Crippen LogP contribution in [0.25, 0.3) is 11.0 Å². The van der Waals surface area contributed by atoms with Crippen LogP contribution < -0.4 is 0 Å². The lowest BCUT2D eigenvalue weighted by Crippen LogP contribution is -2.08. The average molecular weight is 263 g/mol. The maximum absolute atomic E-state index is 8.92. The van der Waals surface area contributed by atoms with Crippen LogP contribution in [0.5, 0.6) is 0 Å². The van der Waals surface area contributed by atoms with Crippen LogP contribution in [-0.4, -0.2) is 21.1 Å². The number of hydrogen-bond acceptors (Lipinski definition) is 3. The molecular formula is C12H13N3S2. The second kappa shape index (κ2) is 4.94. The van der Waals surface area contributed by atoms with Crippen LogP contribution in [0.4, 0.5) is 0 Å². The van der Waals surface area contributed by atoms with Crippen LogP contribution in [0.1, 0.15) is 12.5 Å². The summed E-state index contributed by atoms with van der Waals surface area (Å²) in [7, 11) is 0. The monoisotopic (exact) mass is 263 g/mol. The van der Waals surface area contributed by atoms with E-state index < -0.39 is 0 Å². The third-order valence-corrected chi connectivity index (χ3v) is 4.02. The Morgan fingerprint density at radius 2 is 2.35 bits per heavy atom. The molecule has 0 bridgehead atoms. The van der Waals surface area contributed by atoms with Crippen LogP contribution in [0.15, 0.2) is 18.2 Å². The van der Waals surface area contributed by atoms with Gasteiger partial charge in [0, 0.05) is 11.8 Å². The molecule has 17 heavy (non-hydrogen) atoms. The molecule has 0 saturated heterocycles. The van der Waals surface area contributed by atoms with Crippen molar-refractivity contribution in [3.05, 3.63) is 28.5 Å². The van der Waals surface area contributed by atoms with Gasteiger partial charge in [0.05, 0.1) is 22.7 Å². The highest BCUT2D eigenvalue weighted by Gasteiger charge is 2.08. The fourth-order valence-corrected chi connectivity index (χ4v) is 2.32. The van der Waals surface area contributed by atoms with Gasteiger partial charge in [0.15, 0.2) is 4.77 Å². The second-order valence-corrected chi connectivity index (χ2v) is 5.59. The Morgan fingerprint density at radius 3 is 3.00 bits per heavy atom. The van der Waals surface area contributed by atoms with Gasteiger partial charge in [-0.1, -0.05) is 6.92 Å². The van der Waals surface area contributed by atoms with Crippen molar-refractivity contribution < 1.29 is 0 Å². The van der Waals surface area contributed by atoms with Gasteiger partial charge in [-0.05, 0) is 36.7 Å². The van der Waals surface area contributed by atoms with E-state index in [1.165, 1.54) is 0 Å². The molecule has 1 aromatic carbocycles. The molecule has 0 aliphatic carbocycles. The lowest BCUT2D eigenvalue weighted by atomic mass is 10.2. The van der Waals surface area contributed by atoms with E-state index in [2.05, 4.69) is 28.8 Å². The van der Waals surface area contributed by atoms with Gasteiger partial charge in [0.2, 0.25) is 0 Å². The molecule has 0 fully saturated rings. The standard InChI is InChI=1S/C12H13N3S2/c1-8(17-2)7-15-11-5-9(6-13)3-4-10(11)14-12(15)16/h3-5,8H,7H2,1-2H3,(H,14,16). The second-order valence-electron chi connectivity index (χ2n) is 3.93. The first kappa shape index (κ1) is 12.2. The van der Waals surface area contributed by atoms with Crippen LogP contribution in [0.3, 0.4) is 0 Å². The summed E-state index contributed by atoms with van der Waals surface area (Å²) in [5.41, 5.74) is 2.66. The smallest absolute Gasteiger partial charge is 0.178 e. The summed E-state index contributed by atoms with van der Waals surface area (Å²) in [5.74, 6) is 0. The van der Waals surface area contributed by atoms with Gasteiger partial charge in [0.1, 0.15) is 0 Å². The highest BCUT2D eigenvalue weighted by molar-refractivity contribution is 7.99. The number of hydrogen-bond donors (Lipinski definition) is 1. The van der Waals surface area contributed by atoms with Gasteiger partial charge in [-0.2, -0.15) is 17.0 Å². The lowest BCUT2D eigenvalue weighted by molar-refractivity contribution is 0.702. The van der Waals surface area contributed by atoms with Crippen molar-refractivity contribution in [2.24, 2.45) is 0 Å². The molecule has 0 saturated carbocycles. The van der Waals surface area contributed by atoms with E-state index in [1.54, 1.807) is 17.8 Å². The van der Waals surface area contributed by atoms with Crippen molar-refractivity contribution in [2.45, 2.75) is 18.7 Å². The summed E-state index contributed by atoms with van der Waals surface area (Å²) < 4.78 is 2.78. The molecular weight excluding hydrogens is 250 g/mol. The Bertz CT molecular complexity index is 633. The lowest BCUT2D eigenvalue weighted by Gasteiger charge is -2.10. The predicted molar refractivity (Wildman–Crippen MR) is 74.8 cm³/mol. The molecule has 0 amide bonds. The van der Waals surface area contributed by atoms with E-state index in [9.17, 15) is 0 Å². The molecule has 1 N–H and O–H groups in total. The maximum Gasteiger partial charge on any atom is 0.178 e. The predicted octanol–water partition coefficient (Wildman–Crippen LogP) is 3.32. The minimum absolute atomic E-state index is 0.492. The van der Waals surface area contributed by atoms with Crippen molar-refractivity contribution >= 4 is 35.0 Å². The number of nitriles is 1. The van der Waals surface area contributed by atoms with E-state index in [1.807, 2.05) is 12.1 Å². The number of fused-ring (bicyclic) bond motifs is 1. The molecule has 88 valence electrons. The van der Waals surface area contributed by atoms with Crippen molar-refractivity contribution in [1.29, 1.82) is 5.26 Å². The number of nitrogens with zero attached hydrogens (tertiary/aromatic N) is 2. The molecule has 0 radical (unpaired) electrons. The number of aromatic nitrogens is 2. The zero-order valence-corrected chi connectivity index (χ0v) is 11.4. The topological polar surface area (TPSA) is 44.5 Å². The quantitative estimate of drug-likeness (QED) is 0.864. The number of thioether (sulfide) groups is 1. The number of nitrogens with one attached hydrogen (secondary N) is 1. The Hall–Kier alpha value is -1.25. The third kappa shape index (κ3) is 2.38. The molecule has 2 aromatic rings. The zero-order chi connectivity index (χ0) is 12.4.